The summed E-state index contributed by atoms with van der Waals surface area (Å²) in [6.07, 6.45) is 0.889. The number of amides is 1. The molecule has 1 amide bonds. The van der Waals surface area contributed by atoms with E-state index in [1.54, 1.807) is 18.2 Å². The highest BCUT2D eigenvalue weighted by Gasteiger charge is 2.30. The molecule has 2 aromatic carbocycles. The number of nitrogens with zero attached hydrogens (tertiary/aromatic N) is 1. The number of nitrogens with two attached hydrogens (primary N) is 1. The van der Waals surface area contributed by atoms with Gasteiger partial charge in [-0.1, -0.05) is 24.3 Å². The normalized spacial score (nSPS) is 16.6. The van der Waals surface area contributed by atoms with Crippen molar-refractivity contribution in [1.82, 2.24) is 0 Å². The minimum Gasteiger partial charge on any atom is -0.484 e. The number of benzene rings is 2. The van der Waals surface area contributed by atoms with Crippen LogP contribution in [0, 0.1) is 0 Å². The maximum atomic E-state index is 12.4. The third-order valence-corrected chi connectivity index (χ3v) is 3.70. The molecule has 0 aliphatic carbocycles. The molecule has 0 aromatic heterocycles. The molecule has 3 rings (SSSR count). The van der Waals surface area contributed by atoms with E-state index in [0.29, 0.717) is 11.4 Å². The lowest BCUT2D eigenvalue weighted by Gasteiger charge is -2.22. The first-order valence-electron chi connectivity index (χ1n) is 7.03. The molecule has 0 spiro atoms. The van der Waals surface area contributed by atoms with Crippen molar-refractivity contribution in [3.63, 3.8) is 0 Å². The average Bonchev–Trinajstić information content (AvgIpc) is 2.81. The van der Waals surface area contributed by atoms with Crippen molar-refractivity contribution < 1.29 is 9.53 Å². The van der Waals surface area contributed by atoms with E-state index in [1.807, 2.05) is 29.2 Å². The molecule has 21 heavy (non-hydrogen) atoms. The molecule has 0 saturated carbocycles. The highest BCUT2D eigenvalue weighted by molar-refractivity contribution is 5.97. The number of hydrogen-bond acceptors (Lipinski definition) is 3. The minimum atomic E-state index is -0.0325. The van der Waals surface area contributed by atoms with Crippen LogP contribution in [0.15, 0.2) is 48.5 Å². The Labute approximate surface area is 124 Å². The van der Waals surface area contributed by atoms with Crippen molar-refractivity contribution >= 4 is 17.3 Å². The quantitative estimate of drug-likeness (QED) is 0.880. The van der Waals surface area contributed by atoms with Crippen LogP contribution >= 0.6 is 0 Å². The van der Waals surface area contributed by atoms with E-state index in [4.69, 9.17) is 10.5 Å². The van der Waals surface area contributed by atoms with Crippen LogP contribution < -0.4 is 15.4 Å². The molecule has 1 unspecified atom stereocenters. The lowest BCUT2D eigenvalue weighted by atomic mass is 10.1. The van der Waals surface area contributed by atoms with Gasteiger partial charge in [-0.3, -0.25) is 4.79 Å². The summed E-state index contributed by atoms with van der Waals surface area (Å²) >= 11 is 0. The summed E-state index contributed by atoms with van der Waals surface area (Å²) in [6, 6.07) is 15.3. The molecule has 0 saturated heterocycles. The van der Waals surface area contributed by atoms with Crippen LogP contribution in [0.25, 0.3) is 0 Å². The van der Waals surface area contributed by atoms with Crippen LogP contribution in [-0.4, -0.2) is 18.6 Å². The number of nitrogen functional groups attached to an aromatic ring is 1. The van der Waals surface area contributed by atoms with Gasteiger partial charge in [-0.05, 0) is 37.1 Å². The number of hydrogen-bond donors (Lipinski definition) is 1. The lowest BCUT2D eigenvalue weighted by Crippen LogP contribution is -2.39. The summed E-state index contributed by atoms with van der Waals surface area (Å²) in [6.45, 7) is 2.07. The van der Waals surface area contributed by atoms with E-state index in [0.717, 1.165) is 12.1 Å². The van der Waals surface area contributed by atoms with E-state index in [-0.39, 0.29) is 18.6 Å². The Balaban J connectivity index is 1.71. The Kier molecular flexibility index (Phi) is 3.52. The monoisotopic (exact) mass is 282 g/mol. The second kappa shape index (κ2) is 5.48. The van der Waals surface area contributed by atoms with Gasteiger partial charge in [-0.25, -0.2) is 0 Å². The zero-order chi connectivity index (χ0) is 14.8. The first-order chi connectivity index (χ1) is 10.1. The molecule has 108 valence electrons. The van der Waals surface area contributed by atoms with Crippen LogP contribution in [0.3, 0.4) is 0 Å². The number of rotatable bonds is 3. The van der Waals surface area contributed by atoms with Crippen LogP contribution in [-0.2, 0) is 11.2 Å². The molecule has 1 aliphatic heterocycles. The van der Waals surface area contributed by atoms with E-state index in [1.165, 1.54) is 5.56 Å². The summed E-state index contributed by atoms with van der Waals surface area (Å²) in [5, 5.41) is 0. The van der Waals surface area contributed by atoms with Gasteiger partial charge in [0.2, 0.25) is 0 Å². The van der Waals surface area contributed by atoms with Gasteiger partial charge in [-0.15, -0.1) is 0 Å². The third kappa shape index (κ3) is 2.70. The minimum absolute atomic E-state index is 0.0160. The molecule has 0 radical (unpaired) electrons. The first-order valence-corrected chi connectivity index (χ1v) is 7.03. The maximum absolute atomic E-state index is 12.4. The van der Waals surface area contributed by atoms with Gasteiger partial charge >= 0.3 is 0 Å². The summed E-state index contributed by atoms with van der Waals surface area (Å²) in [5.74, 6) is 0.582. The van der Waals surface area contributed by atoms with E-state index in [2.05, 4.69) is 13.0 Å². The second-order valence-electron chi connectivity index (χ2n) is 5.31. The standard InChI is InChI=1S/C17H18N2O2/c1-12-9-13-5-2-3-8-16(13)19(12)17(20)11-21-15-7-4-6-14(18)10-15/h2-8,10,12H,9,11,18H2,1H3. The SMILES string of the molecule is CC1Cc2ccccc2N1C(=O)COc1cccc(N)c1. The van der Waals surface area contributed by atoms with Crippen LogP contribution in [0.5, 0.6) is 5.75 Å². The number of fused-ring (bicyclic) bond motifs is 1. The van der Waals surface area contributed by atoms with Crippen LogP contribution in [0.4, 0.5) is 11.4 Å². The van der Waals surface area contributed by atoms with Crippen molar-refractivity contribution in [2.45, 2.75) is 19.4 Å². The van der Waals surface area contributed by atoms with Gasteiger partial charge in [-0.2, -0.15) is 0 Å². The number of anilines is 2. The van der Waals surface area contributed by atoms with Crippen molar-refractivity contribution in [2.75, 3.05) is 17.2 Å². The van der Waals surface area contributed by atoms with Gasteiger partial charge in [0.1, 0.15) is 5.75 Å². The van der Waals surface area contributed by atoms with Crippen molar-refractivity contribution in [2.24, 2.45) is 0 Å². The largest absolute Gasteiger partial charge is 0.484 e. The molecule has 1 atom stereocenters. The Morgan fingerprint density at radius 1 is 1.29 bits per heavy atom. The number of carbonyl (C=O) groups is 1. The van der Waals surface area contributed by atoms with Crippen molar-refractivity contribution in [3.8, 4) is 5.75 Å². The molecule has 1 aliphatic rings. The van der Waals surface area contributed by atoms with E-state index < -0.39 is 0 Å². The van der Waals surface area contributed by atoms with Gasteiger partial charge in [0.15, 0.2) is 6.61 Å². The fourth-order valence-electron chi connectivity index (χ4n) is 2.76. The van der Waals surface area contributed by atoms with Gasteiger partial charge in [0.05, 0.1) is 0 Å². The molecular formula is C17H18N2O2. The highest BCUT2D eigenvalue weighted by Crippen LogP contribution is 2.31. The topological polar surface area (TPSA) is 55.6 Å². The predicted octanol–water partition coefficient (Wildman–Crippen LogP) is 2.63. The molecule has 2 aromatic rings. The Hall–Kier alpha value is -2.49. The Bertz CT molecular complexity index is 669. The first kappa shape index (κ1) is 13.5. The zero-order valence-electron chi connectivity index (χ0n) is 12.0. The summed E-state index contributed by atoms with van der Waals surface area (Å²) in [7, 11) is 0. The average molecular weight is 282 g/mol. The van der Waals surface area contributed by atoms with E-state index in [9.17, 15) is 4.79 Å². The zero-order valence-corrected chi connectivity index (χ0v) is 12.0. The van der Waals surface area contributed by atoms with Crippen molar-refractivity contribution in [3.05, 3.63) is 54.1 Å². The fraction of sp³-hybridized carbons (Fsp3) is 0.235. The van der Waals surface area contributed by atoms with Crippen LogP contribution in [0.1, 0.15) is 12.5 Å². The molecule has 0 fully saturated rings. The van der Waals surface area contributed by atoms with Crippen LogP contribution in [0.2, 0.25) is 0 Å². The molecular weight excluding hydrogens is 264 g/mol. The third-order valence-electron chi connectivity index (χ3n) is 3.70. The summed E-state index contributed by atoms with van der Waals surface area (Å²) < 4.78 is 5.55. The smallest absolute Gasteiger partial charge is 0.265 e. The number of para-hydroxylation sites is 1. The van der Waals surface area contributed by atoms with Gasteiger partial charge in [0.25, 0.3) is 5.91 Å². The fourth-order valence-corrected chi connectivity index (χ4v) is 2.76. The lowest BCUT2D eigenvalue weighted by molar-refractivity contribution is -0.120. The highest BCUT2D eigenvalue weighted by atomic mass is 16.5. The number of carbonyl (C=O) groups excluding carboxylic acids is 1. The Morgan fingerprint density at radius 2 is 2.10 bits per heavy atom. The van der Waals surface area contributed by atoms with Crippen molar-refractivity contribution in [1.29, 1.82) is 0 Å². The molecule has 1 heterocycles. The number of ether oxygens (including phenoxy) is 1. The maximum Gasteiger partial charge on any atom is 0.265 e. The predicted molar refractivity (Wildman–Crippen MR) is 83.4 cm³/mol. The molecule has 4 heteroatoms. The summed E-state index contributed by atoms with van der Waals surface area (Å²) in [5.41, 5.74) is 8.52. The van der Waals surface area contributed by atoms with Gasteiger partial charge in [0, 0.05) is 23.5 Å². The molecule has 4 nitrogen and oxygen atoms in total. The van der Waals surface area contributed by atoms with Gasteiger partial charge < -0.3 is 15.4 Å². The summed E-state index contributed by atoms with van der Waals surface area (Å²) in [4.78, 5) is 14.3. The Morgan fingerprint density at radius 3 is 2.90 bits per heavy atom. The van der Waals surface area contributed by atoms with E-state index >= 15 is 0 Å². The molecule has 2 N–H and O–H groups in total. The molecule has 0 bridgehead atoms. The second-order valence-corrected chi connectivity index (χ2v) is 5.31.